The lowest BCUT2D eigenvalue weighted by atomic mass is 10.1. The summed E-state index contributed by atoms with van der Waals surface area (Å²) in [5.41, 5.74) is 0.200. The lowest BCUT2D eigenvalue weighted by Gasteiger charge is -2.19. The maximum Gasteiger partial charge on any atom is 0.154 e. The highest BCUT2D eigenvalue weighted by atomic mass is 19.1. The Labute approximate surface area is 101 Å². The molecule has 93 valence electrons. The molecule has 1 aliphatic heterocycles. The minimum absolute atomic E-state index is 0.200. The second-order valence-electron chi connectivity index (χ2n) is 4.54. The van der Waals surface area contributed by atoms with Gasteiger partial charge in [0.1, 0.15) is 5.82 Å². The highest BCUT2D eigenvalue weighted by Crippen LogP contribution is 2.19. The second kappa shape index (κ2) is 5.45. The molecule has 0 amide bonds. The summed E-state index contributed by atoms with van der Waals surface area (Å²) in [6.45, 7) is 1.79. The number of nitrogens with one attached hydrogen (secondary N) is 1. The van der Waals surface area contributed by atoms with Crippen molar-refractivity contribution in [1.29, 1.82) is 0 Å². The molecule has 1 aliphatic rings. The van der Waals surface area contributed by atoms with Gasteiger partial charge in [0.2, 0.25) is 0 Å². The van der Waals surface area contributed by atoms with Crippen LogP contribution in [-0.2, 0) is 0 Å². The lowest BCUT2D eigenvalue weighted by Crippen LogP contribution is -2.27. The fraction of sp³-hybridized carbons (Fsp3) is 0.538. The highest BCUT2D eigenvalue weighted by molar-refractivity contribution is 5.44. The third kappa shape index (κ3) is 3.16. The van der Waals surface area contributed by atoms with E-state index < -0.39 is 11.6 Å². The van der Waals surface area contributed by atoms with Crippen LogP contribution >= 0.6 is 0 Å². The van der Waals surface area contributed by atoms with Crippen molar-refractivity contribution >= 4 is 5.69 Å². The summed E-state index contributed by atoms with van der Waals surface area (Å²) in [4.78, 5) is 2.32. The van der Waals surface area contributed by atoms with E-state index in [2.05, 4.69) is 23.3 Å². The first-order chi connectivity index (χ1) is 8.16. The summed E-state index contributed by atoms with van der Waals surface area (Å²) in [5.74, 6) is -0.988. The number of anilines is 1. The van der Waals surface area contributed by atoms with Gasteiger partial charge in [0.15, 0.2) is 5.82 Å². The average Bonchev–Trinajstić information content (AvgIpc) is 2.70. The van der Waals surface area contributed by atoms with Crippen molar-refractivity contribution in [2.45, 2.75) is 25.3 Å². The van der Waals surface area contributed by atoms with Crippen molar-refractivity contribution in [3.63, 3.8) is 0 Å². The standard InChI is InChI=1S/C13H17F2N2/c1-17-8-2-3-11(17)6-7-16-13-9-10(14)4-5-12(13)15/h4,9,11,16H,2-3,6-8H2,1H3. The van der Waals surface area contributed by atoms with Gasteiger partial charge < -0.3 is 10.2 Å². The van der Waals surface area contributed by atoms with Gasteiger partial charge >= 0.3 is 0 Å². The molecule has 0 aliphatic carbocycles. The highest BCUT2D eigenvalue weighted by Gasteiger charge is 2.20. The molecule has 1 aromatic rings. The molecule has 0 bridgehead atoms. The smallest absolute Gasteiger partial charge is 0.154 e. The zero-order valence-electron chi connectivity index (χ0n) is 9.97. The fourth-order valence-corrected chi connectivity index (χ4v) is 2.30. The summed E-state index contributed by atoms with van der Waals surface area (Å²) in [7, 11) is 2.11. The van der Waals surface area contributed by atoms with Gasteiger partial charge in [-0.1, -0.05) is 0 Å². The SMILES string of the molecule is CN1CCCC1CCNc1cc(F)c[c]c1F. The number of halogens is 2. The van der Waals surface area contributed by atoms with E-state index >= 15 is 0 Å². The van der Waals surface area contributed by atoms with Gasteiger partial charge in [-0.3, -0.25) is 0 Å². The first-order valence-electron chi connectivity index (χ1n) is 5.97. The Hall–Kier alpha value is -1.16. The number of likely N-dealkylation sites (tertiary alicyclic amines) is 1. The topological polar surface area (TPSA) is 15.3 Å². The number of benzene rings is 1. The zero-order valence-corrected chi connectivity index (χ0v) is 9.97. The minimum Gasteiger partial charge on any atom is -0.383 e. The van der Waals surface area contributed by atoms with Gasteiger partial charge in [-0.25, -0.2) is 8.78 Å². The zero-order chi connectivity index (χ0) is 12.3. The van der Waals surface area contributed by atoms with Crippen LogP contribution in [0.5, 0.6) is 0 Å². The van der Waals surface area contributed by atoms with Crippen LogP contribution in [0.4, 0.5) is 14.5 Å². The average molecular weight is 239 g/mol. The summed E-state index contributed by atoms with van der Waals surface area (Å²) >= 11 is 0. The Morgan fingerprint density at radius 2 is 2.35 bits per heavy atom. The molecule has 1 atom stereocenters. The Morgan fingerprint density at radius 1 is 1.53 bits per heavy atom. The maximum atomic E-state index is 13.3. The summed E-state index contributed by atoms with van der Waals surface area (Å²) in [6.07, 6.45) is 3.37. The summed E-state index contributed by atoms with van der Waals surface area (Å²) in [6, 6.07) is 4.98. The van der Waals surface area contributed by atoms with Crippen LogP contribution < -0.4 is 5.32 Å². The van der Waals surface area contributed by atoms with Gasteiger partial charge in [0, 0.05) is 18.7 Å². The number of rotatable bonds is 4. The predicted octanol–water partition coefficient (Wildman–Crippen LogP) is 2.66. The summed E-state index contributed by atoms with van der Waals surface area (Å²) in [5, 5.41) is 2.93. The van der Waals surface area contributed by atoms with Gasteiger partial charge in [-0.15, -0.1) is 0 Å². The van der Waals surface area contributed by atoms with E-state index in [0.29, 0.717) is 12.6 Å². The predicted molar refractivity (Wildman–Crippen MR) is 64.0 cm³/mol. The minimum atomic E-state index is -0.522. The maximum absolute atomic E-state index is 13.3. The molecule has 2 rings (SSSR count). The van der Waals surface area contributed by atoms with Gasteiger partial charge in [-0.2, -0.15) is 0 Å². The molecule has 4 heteroatoms. The van der Waals surface area contributed by atoms with Crippen molar-refractivity contribution in [2.75, 3.05) is 25.5 Å². The molecular formula is C13H17F2N2. The largest absolute Gasteiger partial charge is 0.383 e. The molecule has 17 heavy (non-hydrogen) atoms. The molecule has 0 aromatic heterocycles. The summed E-state index contributed by atoms with van der Waals surface area (Å²) < 4.78 is 26.1. The quantitative estimate of drug-likeness (QED) is 0.869. The van der Waals surface area contributed by atoms with Gasteiger partial charge in [0.05, 0.1) is 5.69 Å². The van der Waals surface area contributed by atoms with Crippen LogP contribution in [0.15, 0.2) is 12.1 Å². The Morgan fingerprint density at radius 3 is 3.06 bits per heavy atom. The third-order valence-corrected chi connectivity index (χ3v) is 3.32. The number of hydrogen-bond acceptors (Lipinski definition) is 2. The first-order valence-corrected chi connectivity index (χ1v) is 5.97. The molecule has 1 aromatic carbocycles. The fourth-order valence-electron chi connectivity index (χ4n) is 2.30. The molecule has 2 nitrogen and oxygen atoms in total. The number of nitrogens with zero attached hydrogens (tertiary/aromatic N) is 1. The van der Waals surface area contributed by atoms with E-state index in [1.165, 1.54) is 18.9 Å². The molecule has 0 saturated carbocycles. The van der Waals surface area contributed by atoms with Crippen molar-refractivity contribution in [2.24, 2.45) is 0 Å². The molecule has 1 saturated heterocycles. The monoisotopic (exact) mass is 239 g/mol. The van der Waals surface area contributed by atoms with E-state index in [1.807, 2.05) is 0 Å². The third-order valence-electron chi connectivity index (χ3n) is 3.32. The van der Waals surface area contributed by atoms with Crippen LogP contribution in [0, 0.1) is 17.7 Å². The Balaban J connectivity index is 1.83. The van der Waals surface area contributed by atoms with Gasteiger partial charge in [0.25, 0.3) is 0 Å². The van der Waals surface area contributed by atoms with Crippen LogP contribution in [0.25, 0.3) is 0 Å². The lowest BCUT2D eigenvalue weighted by molar-refractivity contribution is 0.301. The first kappa shape index (κ1) is 12.3. The second-order valence-corrected chi connectivity index (χ2v) is 4.54. The van der Waals surface area contributed by atoms with E-state index in [1.54, 1.807) is 0 Å². The van der Waals surface area contributed by atoms with Crippen molar-refractivity contribution < 1.29 is 8.78 Å². The molecule has 1 radical (unpaired) electrons. The molecular weight excluding hydrogens is 222 g/mol. The van der Waals surface area contributed by atoms with Crippen molar-refractivity contribution in [3.8, 4) is 0 Å². The van der Waals surface area contributed by atoms with Crippen LogP contribution in [0.2, 0.25) is 0 Å². The molecule has 1 N–H and O–H groups in total. The normalized spacial score (nSPS) is 20.8. The molecule has 1 unspecified atom stereocenters. The molecule has 0 spiro atoms. The number of hydrogen-bond donors (Lipinski definition) is 1. The molecule has 1 fully saturated rings. The molecule has 1 heterocycles. The van der Waals surface area contributed by atoms with Crippen LogP contribution in [0.1, 0.15) is 19.3 Å². The van der Waals surface area contributed by atoms with Crippen LogP contribution in [0.3, 0.4) is 0 Å². The van der Waals surface area contributed by atoms with Crippen molar-refractivity contribution in [1.82, 2.24) is 4.90 Å². The van der Waals surface area contributed by atoms with E-state index in [0.717, 1.165) is 19.0 Å². The van der Waals surface area contributed by atoms with Gasteiger partial charge in [-0.05, 0) is 45.0 Å². The van der Waals surface area contributed by atoms with Crippen molar-refractivity contribution in [3.05, 3.63) is 29.8 Å². The Bertz CT molecular complexity index is 382. The van der Waals surface area contributed by atoms with E-state index in [-0.39, 0.29) is 5.69 Å². The van der Waals surface area contributed by atoms with Crippen LogP contribution in [-0.4, -0.2) is 31.1 Å². The van der Waals surface area contributed by atoms with E-state index in [4.69, 9.17) is 0 Å². The Kier molecular flexibility index (Phi) is 3.94. The van der Waals surface area contributed by atoms with E-state index in [9.17, 15) is 8.78 Å².